The highest BCUT2D eigenvalue weighted by Gasteiger charge is 2.44. The van der Waals surface area contributed by atoms with Gasteiger partial charge in [0, 0.05) is 18.0 Å². The normalized spacial score (nSPS) is 23.1. The lowest BCUT2D eigenvalue weighted by Gasteiger charge is -2.37. The molecule has 3 heterocycles. The number of morpholine rings is 1. The number of aryl methyl sites for hydroxylation is 1. The zero-order chi connectivity index (χ0) is 19.8. The second-order valence-corrected chi connectivity index (χ2v) is 8.28. The van der Waals surface area contributed by atoms with Crippen molar-refractivity contribution in [1.29, 1.82) is 0 Å². The van der Waals surface area contributed by atoms with Gasteiger partial charge in [-0.3, -0.25) is 9.59 Å². The third-order valence-electron chi connectivity index (χ3n) is 5.17. The minimum absolute atomic E-state index is 0.00151. The van der Waals surface area contributed by atoms with Crippen LogP contribution in [-0.2, 0) is 20.7 Å². The Morgan fingerprint density at radius 2 is 1.71 bits per heavy atom. The lowest BCUT2D eigenvalue weighted by molar-refractivity contribution is -0.121. The maximum atomic E-state index is 13.5. The molecule has 2 unspecified atom stereocenters. The average Bonchev–Trinajstić information content (AvgIpc) is 3.27. The Labute approximate surface area is 169 Å². The van der Waals surface area contributed by atoms with Crippen LogP contribution in [0.5, 0.6) is 0 Å². The number of carbonyl (C=O) groups excluding carboxylic acids is 2. The summed E-state index contributed by atoms with van der Waals surface area (Å²) in [4.78, 5) is 31.0. The Morgan fingerprint density at radius 1 is 1.04 bits per heavy atom. The zero-order valence-electron chi connectivity index (χ0n) is 16.3. The Morgan fingerprint density at radius 3 is 2.29 bits per heavy atom. The van der Waals surface area contributed by atoms with E-state index in [0.29, 0.717) is 30.0 Å². The molecule has 28 heavy (non-hydrogen) atoms. The van der Waals surface area contributed by atoms with Gasteiger partial charge in [0.15, 0.2) is 0 Å². The second kappa shape index (κ2) is 7.53. The number of amides is 2. The number of ether oxygens (including phenoxy) is 1. The van der Waals surface area contributed by atoms with Gasteiger partial charge in [0.05, 0.1) is 23.5 Å². The lowest BCUT2D eigenvalue weighted by Crippen LogP contribution is -2.47. The van der Waals surface area contributed by atoms with E-state index in [0.717, 1.165) is 11.3 Å². The summed E-state index contributed by atoms with van der Waals surface area (Å²) in [6, 6.07) is 11.5. The molecule has 0 aliphatic carbocycles. The van der Waals surface area contributed by atoms with Gasteiger partial charge >= 0.3 is 0 Å². The highest BCUT2D eigenvalue weighted by atomic mass is 32.1. The lowest BCUT2D eigenvalue weighted by atomic mass is 10.1. The molecule has 0 bridgehead atoms. The van der Waals surface area contributed by atoms with E-state index in [9.17, 15) is 9.59 Å². The minimum atomic E-state index is -0.251. The standard InChI is InChI=1S/C22H24N2O3S/c1-4-16-7-9-17(10-8-16)24-21(25)19(18-6-5-11-28-18)20(22(24)26)23-12-14(2)27-15(3)13-23/h5-11,14-15H,4,12-13H2,1-3H3. The number of carbonyl (C=O) groups is 2. The first-order valence-electron chi connectivity index (χ1n) is 9.65. The Balaban J connectivity index is 1.77. The van der Waals surface area contributed by atoms with Gasteiger partial charge in [-0.05, 0) is 49.4 Å². The molecule has 1 saturated heterocycles. The number of rotatable bonds is 4. The van der Waals surface area contributed by atoms with Gasteiger partial charge in [-0.2, -0.15) is 0 Å². The third-order valence-corrected chi connectivity index (χ3v) is 6.05. The van der Waals surface area contributed by atoms with Crippen LogP contribution in [0.4, 0.5) is 5.69 Å². The fraction of sp³-hybridized carbons (Fsp3) is 0.364. The van der Waals surface area contributed by atoms with Crippen molar-refractivity contribution in [1.82, 2.24) is 4.90 Å². The van der Waals surface area contributed by atoms with Crippen LogP contribution in [0.25, 0.3) is 5.57 Å². The maximum Gasteiger partial charge on any atom is 0.282 e. The van der Waals surface area contributed by atoms with Crippen molar-refractivity contribution in [2.45, 2.75) is 39.4 Å². The highest BCUT2D eigenvalue weighted by molar-refractivity contribution is 7.11. The number of anilines is 1. The first kappa shape index (κ1) is 18.9. The fourth-order valence-corrected chi connectivity index (χ4v) is 4.69. The first-order chi connectivity index (χ1) is 13.5. The molecular formula is C22H24N2O3S. The minimum Gasteiger partial charge on any atom is -0.372 e. The van der Waals surface area contributed by atoms with Gasteiger partial charge in [0.2, 0.25) is 0 Å². The van der Waals surface area contributed by atoms with Gasteiger partial charge in [-0.25, -0.2) is 4.90 Å². The molecule has 5 nitrogen and oxygen atoms in total. The van der Waals surface area contributed by atoms with E-state index in [1.165, 1.54) is 21.8 Å². The predicted octanol–water partition coefficient (Wildman–Crippen LogP) is 3.70. The molecule has 146 valence electrons. The summed E-state index contributed by atoms with van der Waals surface area (Å²) in [6.07, 6.45) is 0.915. The van der Waals surface area contributed by atoms with Gasteiger partial charge in [-0.1, -0.05) is 25.1 Å². The van der Waals surface area contributed by atoms with E-state index in [4.69, 9.17) is 4.74 Å². The monoisotopic (exact) mass is 396 g/mol. The number of hydrogen-bond donors (Lipinski definition) is 0. The highest BCUT2D eigenvalue weighted by Crippen LogP contribution is 2.37. The quantitative estimate of drug-likeness (QED) is 0.740. The van der Waals surface area contributed by atoms with Gasteiger partial charge in [0.25, 0.3) is 11.8 Å². The predicted molar refractivity (Wildman–Crippen MR) is 111 cm³/mol. The van der Waals surface area contributed by atoms with Crippen molar-refractivity contribution in [3.8, 4) is 0 Å². The summed E-state index contributed by atoms with van der Waals surface area (Å²) in [6.45, 7) is 7.26. The van der Waals surface area contributed by atoms with E-state index in [2.05, 4.69) is 6.92 Å². The van der Waals surface area contributed by atoms with Crippen LogP contribution in [0.1, 0.15) is 31.2 Å². The van der Waals surface area contributed by atoms with Crippen LogP contribution in [0.15, 0.2) is 47.5 Å². The van der Waals surface area contributed by atoms with E-state index in [-0.39, 0.29) is 24.0 Å². The third kappa shape index (κ3) is 3.27. The summed E-state index contributed by atoms with van der Waals surface area (Å²) in [7, 11) is 0. The molecule has 2 aliphatic heterocycles. The van der Waals surface area contributed by atoms with E-state index >= 15 is 0 Å². The van der Waals surface area contributed by atoms with Crippen LogP contribution < -0.4 is 4.90 Å². The number of benzene rings is 1. The molecule has 0 radical (unpaired) electrons. The molecule has 2 aromatic rings. The summed E-state index contributed by atoms with van der Waals surface area (Å²) in [5, 5.41) is 1.93. The largest absolute Gasteiger partial charge is 0.372 e. The number of imide groups is 1. The van der Waals surface area contributed by atoms with Crippen molar-refractivity contribution < 1.29 is 14.3 Å². The van der Waals surface area contributed by atoms with E-state index in [1.807, 2.05) is 60.5 Å². The summed E-state index contributed by atoms with van der Waals surface area (Å²) in [5.41, 5.74) is 2.78. The molecule has 2 atom stereocenters. The Kier molecular flexibility index (Phi) is 5.08. The topological polar surface area (TPSA) is 49.9 Å². The van der Waals surface area contributed by atoms with Crippen molar-refractivity contribution in [2.24, 2.45) is 0 Å². The molecule has 0 N–H and O–H groups in total. The maximum absolute atomic E-state index is 13.5. The van der Waals surface area contributed by atoms with Crippen molar-refractivity contribution in [2.75, 3.05) is 18.0 Å². The molecule has 1 aromatic carbocycles. The molecule has 0 saturated carbocycles. The number of hydrogen-bond acceptors (Lipinski definition) is 5. The molecule has 1 aromatic heterocycles. The van der Waals surface area contributed by atoms with Crippen molar-refractivity contribution in [3.63, 3.8) is 0 Å². The first-order valence-corrected chi connectivity index (χ1v) is 10.5. The van der Waals surface area contributed by atoms with Crippen LogP contribution >= 0.6 is 11.3 Å². The van der Waals surface area contributed by atoms with Crippen molar-refractivity contribution >= 4 is 34.4 Å². The smallest absolute Gasteiger partial charge is 0.282 e. The van der Waals surface area contributed by atoms with Crippen LogP contribution in [0, 0.1) is 0 Å². The van der Waals surface area contributed by atoms with E-state index < -0.39 is 0 Å². The second-order valence-electron chi connectivity index (χ2n) is 7.33. The van der Waals surface area contributed by atoms with E-state index in [1.54, 1.807) is 0 Å². The molecule has 2 amide bonds. The van der Waals surface area contributed by atoms with Gasteiger partial charge < -0.3 is 9.64 Å². The molecule has 4 rings (SSSR count). The molecule has 2 aliphatic rings. The van der Waals surface area contributed by atoms with Gasteiger partial charge in [-0.15, -0.1) is 11.3 Å². The Hall–Kier alpha value is -2.44. The SMILES string of the molecule is CCc1ccc(N2C(=O)C(c3cccs3)=C(N3CC(C)OC(C)C3)C2=O)cc1. The zero-order valence-corrected chi connectivity index (χ0v) is 17.2. The van der Waals surface area contributed by atoms with Gasteiger partial charge in [0.1, 0.15) is 5.70 Å². The fourth-order valence-electron chi connectivity index (χ4n) is 3.93. The molecule has 0 spiro atoms. The van der Waals surface area contributed by atoms with Crippen LogP contribution in [0.2, 0.25) is 0 Å². The Bertz CT molecular complexity index is 908. The molecular weight excluding hydrogens is 372 g/mol. The summed E-state index contributed by atoms with van der Waals surface area (Å²) in [5.74, 6) is -0.502. The molecule has 1 fully saturated rings. The number of thiophene rings is 1. The summed E-state index contributed by atoms with van der Waals surface area (Å²) < 4.78 is 5.83. The van der Waals surface area contributed by atoms with Crippen LogP contribution in [0.3, 0.4) is 0 Å². The van der Waals surface area contributed by atoms with Crippen LogP contribution in [-0.4, -0.2) is 42.0 Å². The number of nitrogens with zero attached hydrogens (tertiary/aromatic N) is 2. The van der Waals surface area contributed by atoms with Crippen molar-refractivity contribution in [3.05, 3.63) is 57.9 Å². The average molecular weight is 397 g/mol. The summed E-state index contributed by atoms with van der Waals surface area (Å²) >= 11 is 1.48. The molecule has 6 heteroatoms.